The van der Waals surface area contributed by atoms with Gasteiger partial charge in [0.05, 0.1) is 0 Å². The molecule has 202 valence electrons. The Bertz CT molecular complexity index is 1190. The zero-order valence-corrected chi connectivity index (χ0v) is 23.7. The summed E-state index contributed by atoms with van der Waals surface area (Å²) in [7, 11) is 0. The molecule has 0 spiro atoms. The third kappa shape index (κ3) is 8.85. The summed E-state index contributed by atoms with van der Waals surface area (Å²) in [5.41, 5.74) is 1.01. The summed E-state index contributed by atoms with van der Waals surface area (Å²) < 4.78 is 0. The number of carbonyl (C=O) groups excluding carboxylic acids is 2. The number of aryl methyl sites for hydroxylation is 2. The molecule has 0 saturated carbocycles. The molecule has 4 rings (SSSR count). The van der Waals surface area contributed by atoms with Gasteiger partial charge in [-0.1, -0.05) is 83.3 Å². The Morgan fingerprint density at radius 1 is 0.658 bits per heavy atom. The average molecular weight is 593 g/mol. The van der Waals surface area contributed by atoms with Crippen molar-refractivity contribution < 1.29 is 19.8 Å². The van der Waals surface area contributed by atoms with Gasteiger partial charge >= 0.3 is 0 Å². The third-order valence-electron chi connectivity index (χ3n) is 5.15. The number of aliphatic hydroxyl groups is 2. The number of amides is 2. The molecule has 0 aliphatic heterocycles. The molecule has 0 aliphatic carbocycles. The zero-order chi connectivity index (χ0) is 25.3. The number of nitrogens with zero attached hydrogens (tertiary/aromatic N) is 4. The van der Waals surface area contributed by atoms with Crippen molar-refractivity contribution in [2.75, 3.05) is 10.6 Å². The van der Waals surface area contributed by atoms with Gasteiger partial charge in [-0.05, 0) is 24.0 Å². The van der Waals surface area contributed by atoms with Crippen LogP contribution in [0.3, 0.4) is 0 Å². The molecular weight excluding hydrogens is 565 g/mol. The SMILES string of the molecule is O=C(Nc1nnc(CCCCc2nnc(NC(=O)[C@@H](O)c3ccccc3)s2)s1)[C@@H](O)c1ccccc1.S.S. The lowest BCUT2D eigenvalue weighted by Crippen LogP contribution is -2.20. The smallest absolute Gasteiger partial charge is 0.259 e. The lowest BCUT2D eigenvalue weighted by atomic mass is 10.1. The van der Waals surface area contributed by atoms with Crippen molar-refractivity contribution in [1.29, 1.82) is 0 Å². The van der Waals surface area contributed by atoms with E-state index in [2.05, 4.69) is 31.0 Å². The molecule has 2 atom stereocenters. The molecule has 2 aromatic heterocycles. The average Bonchev–Trinajstić information content (AvgIpc) is 3.55. The molecule has 0 bridgehead atoms. The maximum atomic E-state index is 12.2. The fraction of sp³-hybridized carbons (Fsp3) is 0.250. The number of carbonyl (C=O) groups is 2. The monoisotopic (exact) mass is 592 g/mol. The van der Waals surface area contributed by atoms with Crippen molar-refractivity contribution >= 4 is 71.7 Å². The lowest BCUT2D eigenvalue weighted by molar-refractivity contribution is -0.124. The first kappa shape index (κ1) is 31.3. The van der Waals surface area contributed by atoms with E-state index < -0.39 is 24.0 Å². The molecule has 2 heterocycles. The summed E-state index contributed by atoms with van der Waals surface area (Å²) in [6, 6.07) is 17.4. The Kier molecular flexibility index (Phi) is 12.8. The Balaban J connectivity index is 0.00000253. The third-order valence-corrected chi connectivity index (χ3v) is 6.95. The van der Waals surface area contributed by atoms with Crippen LogP contribution in [0, 0.1) is 0 Å². The largest absolute Gasteiger partial charge is 0.378 e. The number of rotatable bonds is 11. The van der Waals surface area contributed by atoms with Gasteiger partial charge < -0.3 is 10.2 Å². The minimum atomic E-state index is -1.28. The van der Waals surface area contributed by atoms with Gasteiger partial charge in [0.2, 0.25) is 10.3 Å². The number of benzene rings is 2. The number of aromatic nitrogens is 4. The summed E-state index contributed by atoms with van der Waals surface area (Å²) in [6.07, 6.45) is 0.455. The van der Waals surface area contributed by atoms with Gasteiger partial charge in [0.1, 0.15) is 10.0 Å². The van der Waals surface area contributed by atoms with Crippen molar-refractivity contribution in [3.8, 4) is 0 Å². The summed E-state index contributed by atoms with van der Waals surface area (Å²) >= 11 is 2.54. The standard InChI is InChI=1S/C24H24N6O4S2.2H2S/c31-19(15-9-3-1-4-10-15)21(33)25-23-29-27-17(35-23)13-7-8-14-18-28-30-24(36-18)26-22(34)20(32)16-11-5-2-6-12-16;;/h1-6,9-12,19-20,31-32H,7-8,13-14H2,(H,25,29,33)(H,26,30,34);2*1H2/t19-,20-;;/m0../s1. The first-order valence-corrected chi connectivity index (χ1v) is 12.9. The second-order valence-corrected chi connectivity index (χ2v) is 9.94. The second kappa shape index (κ2) is 15.5. The number of hydrogen-bond acceptors (Lipinski definition) is 10. The first-order valence-electron chi connectivity index (χ1n) is 11.2. The van der Waals surface area contributed by atoms with Crippen LogP contribution in [0.4, 0.5) is 10.3 Å². The molecule has 14 heteroatoms. The molecule has 4 aromatic rings. The van der Waals surface area contributed by atoms with Crippen molar-refractivity contribution in [3.63, 3.8) is 0 Å². The highest BCUT2D eigenvalue weighted by atomic mass is 32.1. The highest BCUT2D eigenvalue weighted by Gasteiger charge is 2.20. The summed E-state index contributed by atoms with van der Waals surface area (Å²) in [6.45, 7) is 0. The molecule has 0 saturated heterocycles. The van der Waals surface area contributed by atoms with Crippen molar-refractivity contribution in [2.24, 2.45) is 0 Å². The van der Waals surface area contributed by atoms with E-state index in [1.165, 1.54) is 22.7 Å². The van der Waals surface area contributed by atoms with Crippen LogP contribution in [-0.2, 0) is 22.4 Å². The molecule has 4 N–H and O–H groups in total. The number of hydrogen-bond donors (Lipinski definition) is 4. The molecule has 2 amide bonds. The van der Waals surface area contributed by atoms with Crippen LogP contribution in [0.25, 0.3) is 0 Å². The van der Waals surface area contributed by atoms with Crippen molar-refractivity contribution in [3.05, 3.63) is 81.8 Å². The van der Waals surface area contributed by atoms with E-state index in [9.17, 15) is 19.8 Å². The van der Waals surface area contributed by atoms with Gasteiger partial charge in [-0.15, -0.1) is 20.4 Å². The highest BCUT2D eigenvalue weighted by molar-refractivity contribution is 7.59. The summed E-state index contributed by atoms with van der Waals surface area (Å²) in [5, 5.41) is 43.9. The molecule has 10 nitrogen and oxygen atoms in total. The van der Waals surface area contributed by atoms with Gasteiger partial charge in [-0.25, -0.2) is 0 Å². The van der Waals surface area contributed by atoms with E-state index in [1.54, 1.807) is 48.5 Å². The van der Waals surface area contributed by atoms with E-state index in [0.29, 0.717) is 34.2 Å². The Hall–Kier alpha value is -2.88. The van der Waals surface area contributed by atoms with Gasteiger partial charge in [0.15, 0.2) is 12.2 Å². The minimum Gasteiger partial charge on any atom is -0.378 e. The molecule has 2 aromatic carbocycles. The fourth-order valence-corrected chi connectivity index (χ4v) is 4.85. The Morgan fingerprint density at radius 3 is 1.39 bits per heavy atom. The van der Waals surface area contributed by atoms with Crippen LogP contribution in [-0.4, -0.2) is 42.4 Å². The zero-order valence-electron chi connectivity index (χ0n) is 20.1. The normalized spacial score (nSPS) is 11.9. The van der Waals surface area contributed by atoms with Gasteiger partial charge in [-0.2, -0.15) is 27.0 Å². The van der Waals surface area contributed by atoms with E-state index >= 15 is 0 Å². The Morgan fingerprint density at radius 2 is 1.03 bits per heavy atom. The predicted molar refractivity (Wildman–Crippen MR) is 157 cm³/mol. The first-order chi connectivity index (χ1) is 17.5. The van der Waals surface area contributed by atoms with Crippen LogP contribution >= 0.6 is 49.7 Å². The van der Waals surface area contributed by atoms with Crippen molar-refractivity contribution in [1.82, 2.24) is 20.4 Å². The van der Waals surface area contributed by atoms with E-state index in [-0.39, 0.29) is 27.0 Å². The summed E-state index contributed by atoms with van der Waals surface area (Å²) in [5.74, 6) is -1.11. The minimum absolute atomic E-state index is 0. The van der Waals surface area contributed by atoms with Gasteiger partial charge in [0.25, 0.3) is 11.8 Å². The molecule has 0 aliphatic rings. The maximum Gasteiger partial charge on any atom is 0.259 e. The second-order valence-electron chi connectivity index (χ2n) is 7.81. The molecule has 0 radical (unpaired) electrons. The fourth-order valence-electron chi connectivity index (χ4n) is 3.28. The Labute approximate surface area is 241 Å². The molecule has 0 fully saturated rings. The van der Waals surface area contributed by atoms with Crippen LogP contribution in [0.5, 0.6) is 0 Å². The van der Waals surface area contributed by atoms with Crippen LogP contribution < -0.4 is 10.6 Å². The van der Waals surface area contributed by atoms with Crippen molar-refractivity contribution in [2.45, 2.75) is 37.9 Å². The molecule has 38 heavy (non-hydrogen) atoms. The number of aliphatic hydroxyl groups excluding tert-OH is 2. The topological polar surface area (TPSA) is 150 Å². The van der Waals surface area contributed by atoms with Gasteiger partial charge in [0, 0.05) is 12.8 Å². The number of unbranched alkanes of at least 4 members (excludes halogenated alkanes) is 1. The summed E-state index contributed by atoms with van der Waals surface area (Å²) in [4.78, 5) is 24.5. The quantitative estimate of drug-likeness (QED) is 0.193. The lowest BCUT2D eigenvalue weighted by Gasteiger charge is -2.09. The highest BCUT2D eigenvalue weighted by Crippen LogP contribution is 2.22. The molecular formula is C24H28N6O4S4. The van der Waals surface area contributed by atoms with E-state index in [1.807, 2.05) is 12.1 Å². The van der Waals surface area contributed by atoms with Crippen LogP contribution in [0.15, 0.2) is 60.7 Å². The van der Waals surface area contributed by atoms with Crippen LogP contribution in [0.2, 0.25) is 0 Å². The van der Waals surface area contributed by atoms with E-state index in [0.717, 1.165) is 22.9 Å². The van der Waals surface area contributed by atoms with Crippen LogP contribution in [0.1, 0.15) is 46.2 Å². The number of nitrogens with one attached hydrogen (secondary N) is 2. The maximum absolute atomic E-state index is 12.2. The van der Waals surface area contributed by atoms with Gasteiger partial charge in [-0.3, -0.25) is 20.2 Å². The molecule has 0 unspecified atom stereocenters. The predicted octanol–water partition coefficient (Wildman–Crippen LogP) is 3.52. The van der Waals surface area contributed by atoms with E-state index in [4.69, 9.17) is 0 Å². The number of anilines is 2.